The van der Waals surface area contributed by atoms with E-state index in [1.54, 1.807) is 32.0 Å². The lowest BCUT2D eigenvalue weighted by Crippen LogP contribution is -2.04. The Morgan fingerprint density at radius 3 is 2.50 bits per heavy atom. The van der Waals surface area contributed by atoms with Crippen molar-refractivity contribution < 1.29 is 18.8 Å². The lowest BCUT2D eigenvalue weighted by molar-refractivity contribution is 0.413. The Labute approximate surface area is 179 Å². The van der Waals surface area contributed by atoms with Crippen molar-refractivity contribution in [2.75, 3.05) is 36.6 Å². The topological polar surface area (TPSA) is 101 Å². The molecule has 1 unspecified atom stereocenters. The van der Waals surface area contributed by atoms with Crippen molar-refractivity contribution in [3.8, 4) is 11.5 Å². The molecule has 158 valence electrons. The Morgan fingerprint density at radius 1 is 1.03 bits per heavy atom. The van der Waals surface area contributed by atoms with Gasteiger partial charge in [0.15, 0.2) is 5.82 Å². The zero-order valence-corrected chi connectivity index (χ0v) is 18.1. The quantitative estimate of drug-likeness (QED) is 0.350. The van der Waals surface area contributed by atoms with Gasteiger partial charge in [0.2, 0.25) is 5.95 Å². The van der Waals surface area contributed by atoms with E-state index in [-0.39, 0.29) is 11.0 Å². The first-order chi connectivity index (χ1) is 14.4. The van der Waals surface area contributed by atoms with E-state index in [0.717, 1.165) is 0 Å². The molecule has 0 saturated carbocycles. The van der Waals surface area contributed by atoms with Crippen molar-refractivity contribution >= 4 is 48.7 Å². The van der Waals surface area contributed by atoms with Crippen LogP contribution in [0.5, 0.6) is 11.5 Å². The summed E-state index contributed by atoms with van der Waals surface area (Å²) in [5, 5.41) is 9.39. The van der Waals surface area contributed by atoms with Crippen LogP contribution in [-0.2, 0) is 0 Å². The zero-order chi connectivity index (χ0) is 21.7. The molecule has 0 amide bonds. The lowest BCUT2D eigenvalue weighted by Gasteiger charge is -2.17. The molecule has 1 aromatic heterocycles. The average molecular weight is 452 g/mol. The van der Waals surface area contributed by atoms with Crippen molar-refractivity contribution in [1.82, 2.24) is 9.97 Å². The van der Waals surface area contributed by atoms with Crippen LogP contribution >= 0.6 is 19.9 Å². The fourth-order valence-electron chi connectivity index (χ4n) is 2.56. The third-order valence-electron chi connectivity index (χ3n) is 3.92. The predicted octanol–water partition coefficient (Wildman–Crippen LogP) is 5.12. The van der Waals surface area contributed by atoms with E-state index in [1.807, 2.05) is 0 Å². The molecule has 1 atom stereocenters. The van der Waals surface area contributed by atoms with Crippen LogP contribution in [0.2, 0.25) is 5.02 Å². The van der Waals surface area contributed by atoms with Gasteiger partial charge in [-0.05, 0) is 30.9 Å². The molecule has 3 aromatic rings. The summed E-state index contributed by atoms with van der Waals surface area (Å²) in [7, 11) is 1.59. The first-order valence-corrected chi connectivity index (χ1v) is 10.8. The second-order valence-electron chi connectivity index (χ2n) is 6.03. The van der Waals surface area contributed by atoms with Gasteiger partial charge in [0.1, 0.15) is 30.6 Å². The van der Waals surface area contributed by atoms with Gasteiger partial charge < -0.3 is 30.1 Å². The molecule has 0 aliphatic rings. The fraction of sp³-hybridized carbons (Fsp3) is 0.158. The maximum atomic E-state index is 13.4. The second-order valence-corrected chi connectivity index (χ2v) is 7.71. The summed E-state index contributed by atoms with van der Waals surface area (Å²) in [4.78, 5) is 18.3. The van der Waals surface area contributed by atoms with Crippen LogP contribution in [0, 0.1) is 5.82 Å². The molecule has 30 heavy (non-hydrogen) atoms. The molecule has 8 nitrogen and oxygen atoms in total. The molecule has 0 aliphatic heterocycles. The number of hydrogen-bond donors (Lipinski definition) is 4. The molecule has 0 saturated heterocycles. The van der Waals surface area contributed by atoms with E-state index in [9.17, 15) is 9.28 Å². The Balaban J connectivity index is 1.90. The largest absolute Gasteiger partial charge is 0.497 e. The number of benzene rings is 2. The molecule has 2 aromatic carbocycles. The molecule has 0 spiro atoms. The van der Waals surface area contributed by atoms with Crippen LogP contribution in [0.3, 0.4) is 0 Å². The van der Waals surface area contributed by atoms with Crippen molar-refractivity contribution in [1.29, 1.82) is 0 Å². The highest BCUT2D eigenvalue weighted by Crippen LogP contribution is 2.37. The summed E-state index contributed by atoms with van der Waals surface area (Å²) in [5.41, 5.74) is 1.75. The molecule has 4 N–H and O–H groups in total. The summed E-state index contributed by atoms with van der Waals surface area (Å²) >= 11 is 6.27. The normalized spacial score (nSPS) is 11.5. The van der Waals surface area contributed by atoms with Crippen molar-refractivity contribution in [2.45, 2.75) is 0 Å². The van der Waals surface area contributed by atoms with Gasteiger partial charge in [-0.2, -0.15) is 4.98 Å². The Morgan fingerprint density at radius 2 is 1.80 bits per heavy atom. The average Bonchev–Trinajstić information content (AvgIpc) is 2.72. The van der Waals surface area contributed by atoms with Gasteiger partial charge in [-0.1, -0.05) is 11.6 Å². The van der Waals surface area contributed by atoms with Gasteiger partial charge in [-0.3, -0.25) is 0 Å². The SMILES string of the molecule is COc1ccc(Nc2nc(Nc3ccc(F)cc3OC)ncc2Cl)c(NP(C)O)c1. The summed E-state index contributed by atoms with van der Waals surface area (Å²) in [6, 6.07) is 9.36. The van der Waals surface area contributed by atoms with Crippen LogP contribution < -0.4 is 25.2 Å². The standard InChI is InChI=1S/C19H20ClFN5O3P/c1-28-12-5-7-14(16(9-12)26-30(3)27)23-18-13(20)10-22-19(25-18)24-15-6-4-11(21)8-17(15)29-2/h4-10,26-27H,1-3H3,(H2,22,23,24,25). The summed E-state index contributed by atoms with van der Waals surface area (Å²) in [6.07, 6.45) is 1.44. The maximum Gasteiger partial charge on any atom is 0.229 e. The molecule has 1 heterocycles. The Bertz CT molecular complexity index is 1040. The smallest absolute Gasteiger partial charge is 0.229 e. The molecular weight excluding hydrogens is 432 g/mol. The van der Waals surface area contributed by atoms with Crippen LogP contribution in [0.4, 0.5) is 33.2 Å². The molecule has 0 bridgehead atoms. The number of nitrogens with zero attached hydrogens (tertiary/aromatic N) is 2. The number of rotatable bonds is 8. The number of ether oxygens (including phenoxy) is 2. The van der Waals surface area contributed by atoms with Crippen LogP contribution in [0.15, 0.2) is 42.6 Å². The van der Waals surface area contributed by atoms with E-state index in [2.05, 4.69) is 25.7 Å². The third kappa shape index (κ3) is 5.38. The highest BCUT2D eigenvalue weighted by Gasteiger charge is 2.13. The van der Waals surface area contributed by atoms with Crippen molar-refractivity contribution in [3.05, 3.63) is 53.4 Å². The van der Waals surface area contributed by atoms with E-state index in [0.29, 0.717) is 34.4 Å². The van der Waals surface area contributed by atoms with Crippen LogP contribution in [0.25, 0.3) is 0 Å². The summed E-state index contributed by atoms with van der Waals surface area (Å²) in [6.45, 7) is 1.66. The zero-order valence-electron chi connectivity index (χ0n) is 16.4. The number of anilines is 5. The summed E-state index contributed by atoms with van der Waals surface area (Å²) < 4.78 is 23.8. The van der Waals surface area contributed by atoms with Crippen molar-refractivity contribution in [2.24, 2.45) is 0 Å². The second kappa shape index (κ2) is 9.75. The molecule has 0 fully saturated rings. The first-order valence-electron chi connectivity index (χ1n) is 8.67. The van der Waals surface area contributed by atoms with E-state index in [4.69, 9.17) is 21.1 Å². The molecule has 0 aliphatic carbocycles. The third-order valence-corrected chi connectivity index (χ3v) is 4.76. The minimum absolute atomic E-state index is 0.231. The number of hydrogen-bond acceptors (Lipinski definition) is 8. The Hall–Kier alpha value is -2.87. The van der Waals surface area contributed by atoms with E-state index in [1.165, 1.54) is 31.5 Å². The van der Waals surface area contributed by atoms with Crippen LogP contribution in [-0.4, -0.2) is 35.7 Å². The van der Waals surface area contributed by atoms with Crippen LogP contribution in [0.1, 0.15) is 0 Å². The number of halogens is 2. The van der Waals surface area contributed by atoms with Gasteiger partial charge in [-0.15, -0.1) is 0 Å². The maximum absolute atomic E-state index is 13.4. The molecule has 11 heteroatoms. The minimum atomic E-state index is -1.41. The predicted molar refractivity (Wildman–Crippen MR) is 118 cm³/mol. The highest BCUT2D eigenvalue weighted by molar-refractivity contribution is 7.52. The van der Waals surface area contributed by atoms with Gasteiger partial charge in [-0.25, -0.2) is 9.37 Å². The fourth-order valence-corrected chi connectivity index (χ4v) is 3.23. The van der Waals surface area contributed by atoms with E-state index < -0.39 is 14.1 Å². The molecule has 3 rings (SSSR count). The minimum Gasteiger partial charge on any atom is -0.497 e. The lowest BCUT2D eigenvalue weighted by atomic mass is 10.2. The highest BCUT2D eigenvalue weighted by atomic mass is 35.5. The van der Waals surface area contributed by atoms with E-state index >= 15 is 0 Å². The number of aromatic nitrogens is 2. The molecule has 0 radical (unpaired) electrons. The summed E-state index contributed by atoms with van der Waals surface area (Å²) in [5.74, 6) is 1.08. The number of methoxy groups -OCH3 is 2. The Kier molecular flexibility index (Phi) is 7.10. The first kappa shape index (κ1) is 21.8. The van der Waals surface area contributed by atoms with Crippen molar-refractivity contribution in [3.63, 3.8) is 0 Å². The van der Waals surface area contributed by atoms with Gasteiger partial charge in [0, 0.05) is 12.1 Å². The molecular formula is C19H20ClFN5O3P. The monoisotopic (exact) mass is 451 g/mol. The van der Waals surface area contributed by atoms with Gasteiger partial charge in [0.25, 0.3) is 0 Å². The number of nitrogens with one attached hydrogen (secondary N) is 3. The van der Waals surface area contributed by atoms with Gasteiger partial charge in [0.05, 0.1) is 37.5 Å². The van der Waals surface area contributed by atoms with Gasteiger partial charge >= 0.3 is 0 Å².